The van der Waals surface area contributed by atoms with Crippen molar-refractivity contribution < 1.29 is 9.90 Å². The first-order chi connectivity index (χ1) is 11.1. The number of imidazole rings is 1. The zero-order valence-electron chi connectivity index (χ0n) is 13.9. The molecule has 1 unspecified atom stereocenters. The molecule has 0 aliphatic heterocycles. The molecule has 23 heavy (non-hydrogen) atoms. The molecule has 4 N–H and O–H groups in total. The molecule has 0 fully saturated rings. The number of rotatable bonds is 8. The predicted octanol–water partition coefficient (Wildman–Crippen LogP) is 2.47. The number of hydrogen-bond donors (Lipinski definition) is 4. The van der Waals surface area contributed by atoms with E-state index in [2.05, 4.69) is 27.5 Å². The molecule has 0 bridgehead atoms. The van der Waals surface area contributed by atoms with Crippen LogP contribution in [0.25, 0.3) is 11.0 Å². The number of fused-ring (bicyclic) bond motifs is 1. The number of aromatic nitrogens is 2. The number of aryl methyl sites for hydroxylation is 1. The van der Waals surface area contributed by atoms with Crippen LogP contribution in [0.2, 0.25) is 0 Å². The number of aromatic amines is 1. The molecule has 2 amide bonds. The van der Waals surface area contributed by atoms with Crippen molar-refractivity contribution in [2.45, 2.75) is 39.7 Å². The van der Waals surface area contributed by atoms with Crippen LogP contribution >= 0.6 is 0 Å². The van der Waals surface area contributed by atoms with Gasteiger partial charge in [-0.25, -0.2) is 9.78 Å². The Bertz CT molecular complexity index is 633. The summed E-state index contributed by atoms with van der Waals surface area (Å²) >= 11 is 0. The first kappa shape index (κ1) is 17.3. The quantitative estimate of drug-likeness (QED) is 0.603. The van der Waals surface area contributed by atoms with E-state index in [0.717, 1.165) is 41.7 Å². The second-order valence-electron chi connectivity index (χ2n) is 5.89. The van der Waals surface area contributed by atoms with E-state index < -0.39 is 0 Å². The third kappa shape index (κ3) is 4.96. The van der Waals surface area contributed by atoms with Crippen molar-refractivity contribution in [2.24, 2.45) is 5.92 Å². The summed E-state index contributed by atoms with van der Waals surface area (Å²) in [6.45, 7) is 5.22. The van der Waals surface area contributed by atoms with Crippen molar-refractivity contribution in [2.75, 3.05) is 13.2 Å². The summed E-state index contributed by atoms with van der Waals surface area (Å²) in [6.07, 6.45) is 2.77. The van der Waals surface area contributed by atoms with E-state index in [1.54, 1.807) is 0 Å². The Morgan fingerprint density at radius 2 is 2.17 bits per heavy atom. The Balaban J connectivity index is 1.82. The lowest BCUT2D eigenvalue weighted by atomic mass is 10.0. The van der Waals surface area contributed by atoms with Crippen LogP contribution in [0.1, 0.15) is 37.6 Å². The van der Waals surface area contributed by atoms with Gasteiger partial charge in [0.15, 0.2) is 0 Å². The third-order valence-electron chi connectivity index (χ3n) is 3.97. The molecule has 6 nitrogen and oxygen atoms in total. The molecule has 1 aromatic carbocycles. The highest BCUT2D eigenvalue weighted by Gasteiger charge is 2.10. The van der Waals surface area contributed by atoms with Crippen LogP contribution in [0.3, 0.4) is 0 Å². The Morgan fingerprint density at radius 3 is 2.87 bits per heavy atom. The summed E-state index contributed by atoms with van der Waals surface area (Å²) in [5, 5.41) is 14.7. The molecule has 0 spiro atoms. The number of carbonyl (C=O) groups excluding carboxylic acids is 1. The lowest BCUT2D eigenvalue weighted by Gasteiger charge is -2.15. The normalized spacial score (nSPS) is 12.3. The number of amides is 2. The standard InChI is InChI=1S/C17H26N4O2/c1-3-5-13(8-9-22)10-18-17(23)19-11-15-20-14-7-4-6-12(2)16(14)21-15/h4,6-7,13,22H,3,5,8-11H2,1-2H3,(H,20,21)(H2,18,19,23). The number of urea groups is 1. The van der Waals surface area contributed by atoms with Gasteiger partial charge in [0.05, 0.1) is 17.6 Å². The Kier molecular flexibility index (Phi) is 6.40. The van der Waals surface area contributed by atoms with Crippen molar-refractivity contribution in [1.29, 1.82) is 0 Å². The number of hydrogen-bond acceptors (Lipinski definition) is 3. The summed E-state index contributed by atoms with van der Waals surface area (Å²) in [5.74, 6) is 1.06. The van der Waals surface area contributed by atoms with E-state index in [1.807, 2.05) is 25.1 Å². The minimum atomic E-state index is -0.207. The van der Waals surface area contributed by atoms with E-state index in [-0.39, 0.29) is 12.6 Å². The average molecular weight is 318 g/mol. The van der Waals surface area contributed by atoms with Gasteiger partial charge in [-0.1, -0.05) is 25.5 Å². The first-order valence-corrected chi connectivity index (χ1v) is 8.20. The van der Waals surface area contributed by atoms with Crippen LogP contribution in [-0.4, -0.2) is 34.3 Å². The zero-order valence-corrected chi connectivity index (χ0v) is 13.9. The summed E-state index contributed by atoms with van der Waals surface area (Å²) in [7, 11) is 0. The van der Waals surface area contributed by atoms with Crippen LogP contribution < -0.4 is 10.6 Å². The summed E-state index contributed by atoms with van der Waals surface area (Å²) in [5.41, 5.74) is 3.03. The largest absolute Gasteiger partial charge is 0.396 e. The fraction of sp³-hybridized carbons (Fsp3) is 0.529. The van der Waals surface area contributed by atoms with Gasteiger partial charge in [-0.15, -0.1) is 0 Å². The van der Waals surface area contributed by atoms with Crippen molar-refractivity contribution in [1.82, 2.24) is 20.6 Å². The fourth-order valence-electron chi connectivity index (χ4n) is 2.71. The fourth-order valence-corrected chi connectivity index (χ4v) is 2.71. The lowest BCUT2D eigenvalue weighted by Crippen LogP contribution is -2.38. The third-order valence-corrected chi connectivity index (χ3v) is 3.97. The number of para-hydroxylation sites is 1. The van der Waals surface area contributed by atoms with Crippen LogP contribution in [0.4, 0.5) is 4.79 Å². The minimum absolute atomic E-state index is 0.159. The molecule has 6 heteroatoms. The van der Waals surface area contributed by atoms with Gasteiger partial charge in [-0.2, -0.15) is 0 Å². The zero-order chi connectivity index (χ0) is 16.7. The molecule has 0 aliphatic rings. The number of aliphatic hydroxyl groups excluding tert-OH is 1. The monoisotopic (exact) mass is 318 g/mol. The topological polar surface area (TPSA) is 90.0 Å². The smallest absolute Gasteiger partial charge is 0.315 e. The number of benzene rings is 1. The molecule has 126 valence electrons. The van der Waals surface area contributed by atoms with Crippen LogP contribution in [0, 0.1) is 12.8 Å². The van der Waals surface area contributed by atoms with Gasteiger partial charge < -0.3 is 20.7 Å². The lowest BCUT2D eigenvalue weighted by molar-refractivity contribution is 0.229. The summed E-state index contributed by atoms with van der Waals surface area (Å²) in [6, 6.07) is 5.77. The molecular weight excluding hydrogens is 292 g/mol. The highest BCUT2D eigenvalue weighted by molar-refractivity contribution is 5.78. The second kappa shape index (κ2) is 8.53. The van der Waals surface area contributed by atoms with Crippen molar-refractivity contribution in [3.63, 3.8) is 0 Å². The summed E-state index contributed by atoms with van der Waals surface area (Å²) < 4.78 is 0. The first-order valence-electron chi connectivity index (χ1n) is 8.20. The van der Waals surface area contributed by atoms with E-state index in [0.29, 0.717) is 19.0 Å². The molecule has 0 aliphatic carbocycles. The number of aliphatic hydroxyl groups is 1. The van der Waals surface area contributed by atoms with Gasteiger partial charge in [-0.3, -0.25) is 0 Å². The van der Waals surface area contributed by atoms with Gasteiger partial charge in [0, 0.05) is 13.2 Å². The predicted molar refractivity (Wildman–Crippen MR) is 91.2 cm³/mol. The number of carbonyl (C=O) groups is 1. The number of H-pyrrole nitrogens is 1. The molecular formula is C17H26N4O2. The maximum Gasteiger partial charge on any atom is 0.315 e. The van der Waals surface area contributed by atoms with Gasteiger partial charge in [0.1, 0.15) is 5.82 Å². The van der Waals surface area contributed by atoms with E-state index in [9.17, 15) is 4.79 Å². The van der Waals surface area contributed by atoms with Gasteiger partial charge in [0.2, 0.25) is 0 Å². The molecule has 1 heterocycles. The molecule has 0 saturated carbocycles. The van der Waals surface area contributed by atoms with Crippen molar-refractivity contribution >= 4 is 17.1 Å². The minimum Gasteiger partial charge on any atom is -0.396 e. The molecule has 1 aromatic heterocycles. The second-order valence-corrected chi connectivity index (χ2v) is 5.89. The molecule has 0 radical (unpaired) electrons. The van der Waals surface area contributed by atoms with Gasteiger partial charge in [-0.05, 0) is 37.3 Å². The Morgan fingerprint density at radius 1 is 1.35 bits per heavy atom. The maximum absolute atomic E-state index is 11.9. The van der Waals surface area contributed by atoms with E-state index >= 15 is 0 Å². The highest BCUT2D eigenvalue weighted by Crippen LogP contribution is 2.15. The van der Waals surface area contributed by atoms with Crippen molar-refractivity contribution in [3.8, 4) is 0 Å². The van der Waals surface area contributed by atoms with Gasteiger partial charge >= 0.3 is 6.03 Å². The Hall–Kier alpha value is -2.08. The molecule has 2 aromatic rings. The number of nitrogens with one attached hydrogen (secondary N) is 3. The van der Waals surface area contributed by atoms with E-state index in [1.165, 1.54) is 0 Å². The van der Waals surface area contributed by atoms with Crippen molar-refractivity contribution in [3.05, 3.63) is 29.6 Å². The van der Waals surface area contributed by atoms with Crippen LogP contribution in [0.15, 0.2) is 18.2 Å². The molecule has 0 saturated heterocycles. The Labute approximate surface area is 136 Å². The highest BCUT2D eigenvalue weighted by atomic mass is 16.3. The van der Waals surface area contributed by atoms with Gasteiger partial charge in [0.25, 0.3) is 0 Å². The average Bonchev–Trinajstić information content (AvgIpc) is 2.96. The maximum atomic E-state index is 11.9. The number of nitrogens with zero attached hydrogens (tertiary/aromatic N) is 1. The van der Waals surface area contributed by atoms with Crippen LogP contribution in [-0.2, 0) is 6.54 Å². The molecule has 1 atom stereocenters. The van der Waals surface area contributed by atoms with Crippen LogP contribution in [0.5, 0.6) is 0 Å². The summed E-state index contributed by atoms with van der Waals surface area (Å²) in [4.78, 5) is 19.6. The molecule has 2 rings (SSSR count). The SMILES string of the molecule is CCCC(CCO)CNC(=O)NCc1nc2c(C)cccc2[nH]1. The van der Waals surface area contributed by atoms with E-state index in [4.69, 9.17) is 5.11 Å².